The van der Waals surface area contributed by atoms with Crippen LogP contribution in [0.4, 0.5) is 5.69 Å². The minimum atomic E-state index is -0.186. The smallest absolute Gasteiger partial charge is 0.271 e. The topological polar surface area (TPSA) is 83.8 Å². The fourth-order valence-corrected chi connectivity index (χ4v) is 1.47. The Morgan fingerprint density at radius 1 is 1.57 bits per heavy atom. The van der Waals surface area contributed by atoms with Gasteiger partial charge in [0.15, 0.2) is 0 Å². The molecule has 0 spiro atoms. The molecule has 5 heteroatoms. The number of nitrogens with two attached hydrogens (primary N) is 1. The van der Waals surface area contributed by atoms with E-state index in [-0.39, 0.29) is 11.9 Å². The monoisotopic (exact) mass is 192 g/mol. The SMILES string of the molecule is Nc1cn[nH]c1C(=O)NC1CC=CC1. The van der Waals surface area contributed by atoms with Crippen LogP contribution in [-0.2, 0) is 0 Å². The summed E-state index contributed by atoms with van der Waals surface area (Å²) < 4.78 is 0. The predicted octanol–water partition coefficient (Wildman–Crippen LogP) is 0.440. The molecular weight excluding hydrogens is 180 g/mol. The van der Waals surface area contributed by atoms with E-state index in [1.54, 1.807) is 0 Å². The zero-order valence-electron chi connectivity index (χ0n) is 7.66. The number of aromatic nitrogens is 2. The van der Waals surface area contributed by atoms with Crippen LogP contribution >= 0.6 is 0 Å². The molecular formula is C9H12N4O. The number of aromatic amines is 1. The number of rotatable bonds is 2. The van der Waals surface area contributed by atoms with Gasteiger partial charge in [-0.05, 0) is 12.8 Å². The van der Waals surface area contributed by atoms with E-state index in [4.69, 9.17) is 5.73 Å². The van der Waals surface area contributed by atoms with Gasteiger partial charge >= 0.3 is 0 Å². The third-order valence-corrected chi connectivity index (χ3v) is 2.24. The van der Waals surface area contributed by atoms with Crippen molar-refractivity contribution < 1.29 is 4.79 Å². The second-order valence-electron chi connectivity index (χ2n) is 3.31. The van der Waals surface area contributed by atoms with Crippen molar-refractivity contribution in [3.05, 3.63) is 24.0 Å². The molecule has 2 rings (SSSR count). The highest BCUT2D eigenvalue weighted by molar-refractivity contribution is 5.97. The van der Waals surface area contributed by atoms with Gasteiger partial charge in [0.1, 0.15) is 5.69 Å². The number of H-pyrrole nitrogens is 1. The van der Waals surface area contributed by atoms with Gasteiger partial charge in [-0.2, -0.15) is 5.10 Å². The van der Waals surface area contributed by atoms with E-state index in [0.717, 1.165) is 12.8 Å². The molecule has 0 aliphatic heterocycles. The molecule has 0 radical (unpaired) electrons. The second-order valence-corrected chi connectivity index (χ2v) is 3.31. The van der Waals surface area contributed by atoms with Crippen molar-refractivity contribution in [1.82, 2.24) is 15.5 Å². The van der Waals surface area contributed by atoms with Gasteiger partial charge in [-0.25, -0.2) is 0 Å². The number of nitrogens with one attached hydrogen (secondary N) is 2. The van der Waals surface area contributed by atoms with Gasteiger partial charge in [-0.15, -0.1) is 0 Å². The number of amides is 1. The molecule has 1 aromatic rings. The van der Waals surface area contributed by atoms with E-state index in [9.17, 15) is 4.79 Å². The molecule has 1 heterocycles. The van der Waals surface area contributed by atoms with E-state index >= 15 is 0 Å². The Morgan fingerprint density at radius 3 is 2.86 bits per heavy atom. The molecule has 1 amide bonds. The lowest BCUT2D eigenvalue weighted by Crippen LogP contribution is -2.33. The number of carbonyl (C=O) groups is 1. The van der Waals surface area contributed by atoms with Crippen LogP contribution in [0.3, 0.4) is 0 Å². The first-order valence-corrected chi connectivity index (χ1v) is 4.52. The summed E-state index contributed by atoms with van der Waals surface area (Å²) in [6, 6.07) is 0.199. The molecule has 1 aliphatic rings. The Hall–Kier alpha value is -1.78. The molecule has 0 bridgehead atoms. The largest absolute Gasteiger partial charge is 0.396 e. The van der Waals surface area contributed by atoms with Crippen molar-refractivity contribution in [2.75, 3.05) is 5.73 Å². The summed E-state index contributed by atoms with van der Waals surface area (Å²) in [6.07, 6.45) is 7.32. The fraction of sp³-hybridized carbons (Fsp3) is 0.333. The Balaban J connectivity index is 1.99. The predicted molar refractivity (Wildman–Crippen MR) is 52.6 cm³/mol. The zero-order valence-corrected chi connectivity index (χ0v) is 7.66. The summed E-state index contributed by atoms with van der Waals surface area (Å²) in [6.45, 7) is 0. The number of nitrogens with zero attached hydrogens (tertiary/aromatic N) is 1. The number of carbonyl (C=O) groups excluding carboxylic acids is 1. The Bertz CT molecular complexity index is 361. The summed E-state index contributed by atoms with van der Waals surface area (Å²) in [4.78, 5) is 11.6. The quantitative estimate of drug-likeness (QED) is 0.594. The normalized spacial score (nSPS) is 16.0. The summed E-state index contributed by atoms with van der Waals surface area (Å²) in [5, 5.41) is 9.13. The minimum absolute atomic E-state index is 0.186. The van der Waals surface area contributed by atoms with Crippen molar-refractivity contribution >= 4 is 11.6 Å². The molecule has 1 aliphatic carbocycles. The lowest BCUT2D eigenvalue weighted by atomic mass is 10.2. The Morgan fingerprint density at radius 2 is 2.29 bits per heavy atom. The molecule has 0 saturated carbocycles. The van der Waals surface area contributed by atoms with Crippen molar-refractivity contribution in [1.29, 1.82) is 0 Å². The average molecular weight is 192 g/mol. The van der Waals surface area contributed by atoms with Gasteiger partial charge in [-0.3, -0.25) is 9.89 Å². The van der Waals surface area contributed by atoms with Crippen molar-refractivity contribution in [2.24, 2.45) is 0 Å². The van der Waals surface area contributed by atoms with Crippen LogP contribution in [0.5, 0.6) is 0 Å². The molecule has 14 heavy (non-hydrogen) atoms. The van der Waals surface area contributed by atoms with E-state index in [2.05, 4.69) is 27.7 Å². The lowest BCUT2D eigenvalue weighted by Gasteiger charge is -2.10. The number of nitrogen functional groups attached to an aromatic ring is 1. The molecule has 0 fully saturated rings. The van der Waals surface area contributed by atoms with Crippen molar-refractivity contribution in [3.8, 4) is 0 Å². The molecule has 1 aromatic heterocycles. The van der Waals surface area contributed by atoms with E-state index in [0.29, 0.717) is 11.4 Å². The molecule has 0 atom stereocenters. The van der Waals surface area contributed by atoms with Crippen LogP contribution in [-0.4, -0.2) is 22.1 Å². The molecule has 0 saturated heterocycles. The van der Waals surface area contributed by atoms with Crippen molar-refractivity contribution in [2.45, 2.75) is 18.9 Å². The molecule has 4 N–H and O–H groups in total. The zero-order chi connectivity index (χ0) is 9.97. The number of anilines is 1. The van der Waals surface area contributed by atoms with E-state index in [1.165, 1.54) is 6.20 Å². The van der Waals surface area contributed by atoms with Gasteiger partial charge in [0.2, 0.25) is 0 Å². The number of hydrogen-bond donors (Lipinski definition) is 3. The Labute approximate surface area is 81.4 Å². The highest BCUT2D eigenvalue weighted by atomic mass is 16.2. The summed E-state index contributed by atoms with van der Waals surface area (Å²) in [5.74, 6) is -0.186. The Kier molecular flexibility index (Phi) is 2.22. The van der Waals surface area contributed by atoms with Crippen LogP contribution < -0.4 is 11.1 Å². The minimum Gasteiger partial charge on any atom is -0.396 e. The van der Waals surface area contributed by atoms with Gasteiger partial charge in [-0.1, -0.05) is 12.2 Å². The second kappa shape index (κ2) is 3.53. The molecule has 5 nitrogen and oxygen atoms in total. The van der Waals surface area contributed by atoms with Crippen LogP contribution in [0.15, 0.2) is 18.3 Å². The van der Waals surface area contributed by atoms with E-state index < -0.39 is 0 Å². The summed E-state index contributed by atoms with van der Waals surface area (Å²) in [5.41, 5.74) is 6.27. The molecule has 74 valence electrons. The van der Waals surface area contributed by atoms with Crippen molar-refractivity contribution in [3.63, 3.8) is 0 Å². The van der Waals surface area contributed by atoms with Crippen LogP contribution in [0.2, 0.25) is 0 Å². The first-order chi connectivity index (χ1) is 6.77. The van der Waals surface area contributed by atoms with Crippen LogP contribution in [0.1, 0.15) is 23.3 Å². The van der Waals surface area contributed by atoms with E-state index in [1.807, 2.05) is 0 Å². The maximum absolute atomic E-state index is 11.6. The number of hydrogen-bond acceptors (Lipinski definition) is 3. The maximum Gasteiger partial charge on any atom is 0.271 e. The van der Waals surface area contributed by atoms with Gasteiger partial charge in [0.05, 0.1) is 11.9 Å². The first kappa shape index (κ1) is 8.80. The van der Waals surface area contributed by atoms with Crippen LogP contribution in [0.25, 0.3) is 0 Å². The van der Waals surface area contributed by atoms with Gasteiger partial charge in [0, 0.05) is 6.04 Å². The van der Waals surface area contributed by atoms with Crippen LogP contribution in [0, 0.1) is 0 Å². The fourth-order valence-electron chi connectivity index (χ4n) is 1.47. The lowest BCUT2D eigenvalue weighted by molar-refractivity contribution is 0.0935. The average Bonchev–Trinajstić information content (AvgIpc) is 2.75. The highest BCUT2D eigenvalue weighted by Crippen LogP contribution is 2.11. The van der Waals surface area contributed by atoms with Gasteiger partial charge in [0.25, 0.3) is 5.91 Å². The van der Waals surface area contributed by atoms with Gasteiger partial charge < -0.3 is 11.1 Å². The third kappa shape index (κ3) is 1.61. The summed E-state index contributed by atoms with van der Waals surface area (Å²) in [7, 11) is 0. The maximum atomic E-state index is 11.6. The highest BCUT2D eigenvalue weighted by Gasteiger charge is 2.17. The third-order valence-electron chi connectivity index (χ3n) is 2.24. The molecule has 0 aromatic carbocycles. The summed E-state index contributed by atoms with van der Waals surface area (Å²) >= 11 is 0. The standard InChI is InChI=1S/C9H12N4O/c10-7-5-11-13-8(7)9(14)12-6-3-1-2-4-6/h1-2,5-6H,3-4,10H2,(H,11,13)(H,12,14). The molecule has 0 unspecified atom stereocenters. The first-order valence-electron chi connectivity index (χ1n) is 4.52.